The predicted molar refractivity (Wildman–Crippen MR) is 133 cm³/mol. The second kappa shape index (κ2) is 10.5. The molecule has 0 bridgehead atoms. The first kappa shape index (κ1) is 22.9. The predicted octanol–water partition coefficient (Wildman–Crippen LogP) is 5.94. The number of ether oxygens (including phenoxy) is 2. The fourth-order valence-electron chi connectivity index (χ4n) is 3.92. The molecule has 170 valence electrons. The molecule has 0 N–H and O–H groups in total. The van der Waals surface area contributed by atoms with Crippen LogP contribution < -0.4 is 9.64 Å². The molecule has 1 aromatic heterocycles. The Morgan fingerprint density at radius 1 is 1.21 bits per heavy atom. The van der Waals surface area contributed by atoms with Crippen LogP contribution in [0.25, 0.3) is 17.2 Å². The van der Waals surface area contributed by atoms with Crippen LogP contribution in [0.15, 0.2) is 66.9 Å². The number of aromatic nitrogens is 1. The van der Waals surface area contributed by atoms with Crippen molar-refractivity contribution in [1.29, 1.82) is 0 Å². The first-order valence-electron chi connectivity index (χ1n) is 11.1. The quantitative estimate of drug-likeness (QED) is 0.321. The van der Waals surface area contributed by atoms with E-state index >= 15 is 0 Å². The van der Waals surface area contributed by atoms with Crippen LogP contribution in [-0.2, 0) is 9.53 Å². The summed E-state index contributed by atoms with van der Waals surface area (Å²) in [6.45, 7) is 5.73. The minimum absolute atomic E-state index is 0.0466. The number of anilines is 1. The lowest BCUT2D eigenvalue weighted by atomic mass is 10.0. The normalized spacial score (nSPS) is 15.7. The SMILES string of the molecule is CCOC(=O)/C=C/c1cc(-c2ccccc2Cl)ccc1N1CC[C@H](Oc2ccc(C)cn2)C1. The minimum Gasteiger partial charge on any atom is -0.472 e. The Balaban J connectivity index is 1.59. The van der Waals surface area contributed by atoms with E-state index < -0.39 is 0 Å². The van der Waals surface area contributed by atoms with Gasteiger partial charge in [0, 0.05) is 47.6 Å². The molecule has 3 aromatic rings. The second-order valence-corrected chi connectivity index (χ2v) is 8.39. The Labute approximate surface area is 199 Å². The summed E-state index contributed by atoms with van der Waals surface area (Å²) < 4.78 is 11.2. The zero-order valence-electron chi connectivity index (χ0n) is 18.8. The van der Waals surface area contributed by atoms with Crippen LogP contribution >= 0.6 is 11.6 Å². The van der Waals surface area contributed by atoms with Crippen LogP contribution in [0.2, 0.25) is 5.02 Å². The Bertz CT molecular complexity index is 1140. The summed E-state index contributed by atoms with van der Waals surface area (Å²) in [6, 6.07) is 17.8. The van der Waals surface area contributed by atoms with E-state index in [9.17, 15) is 4.79 Å². The molecule has 1 aliphatic heterocycles. The van der Waals surface area contributed by atoms with Crippen molar-refractivity contribution in [3.05, 3.63) is 83.0 Å². The molecular weight excluding hydrogens is 436 g/mol. The number of halogens is 1. The Morgan fingerprint density at radius 2 is 2.06 bits per heavy atom. The summed E-state index contributed by atoms with van der Waals surface area (Å²) >= 11 is 6.43. The first-order valence-corrected chi connectivity index (χ1v) is 11.5. The number of carbonyl (C=O) groups excluding carboxylic acids is 1. The van der Waals surface area contributed by atoms with Gasteiger partial charge in [0.1, 0.15) is 6.10 Å². The van der Waals surface area contributed by atoms with Crippen molar-refractivity contribution >= 4 is 29.3 Å². The van der Waals surface area contributed by atoms with Gasteiger partial charge in [0.2, 0.25) is 5.88 Å². The third-order valence-electron chi connectivity index (χ3n) is 5.56. The van der Waals surface area contributed by atoms with Crippen LogP contribution in [0.3, 0.4) is 0 Å². The van der Waals surface area contributed by atoms with Crippen molar-refractivity contribution in [1.82, 2.24) is 4.98 Å². The Hall–Kier alpha value is -3.31. The molecule has 6 heteroatoms. The maximum atomic E-state index is 12.0. The van der Waals surface area contributed by atoms with E-state index in [0.29, 0.717) is 17.5 Å². The van der Waals surface area contributed by atoms with Gasteiger partial charge in [-0.15, -0.1) is 0 Å². The lowest BCUT2D eigenvalue weighted by Crippen LogP contribution is -2.25. The molecule has 2 heterocycles. The highest BCUT2D eigenvalue weighted by molar-refractivity contribution is 6.33. The second-order valence-electron chi connectivity index (χ2n) is 7.99. The van der Waals surface area contributed by atoms with Crippen LogP contribution in [0.5, 0.6) is 5.88 Å². The van der Waals surface area contributed by atoms with Crippen molar-refractivity contribution < 1.29 is 14.3 Å². The number of aryl methyl sites for hydroxylation is 1. The summed E-state index contributed by atoms with van der Waals surface area (Å²) in [7, 11) is 0. The standard InChI is InChI=1S/C27H27ClN2O3/c1-3-32-27(31)13-10-21-16-20(23-6-4-5-7-24(23)28)9-11-25(21)30-15-14-22(18-30)33-26-12-8-19(2)17-29-26/h4-13,16-17,22H,3,14-15,18H2,1-2H3/b13-10+/t22-/m0/s1. The monoisotopic (exact) mass is 462 g/mol. The maximum Gasteiger partial charge on any atom is 0.330 e. The fourth-order valence-corrected chi connectivity index (χ4v) is 4.17. The van der Waals surface area contributed by atoms with E-state index in [1.807, 2.05) is 55.6 Å². The number of nitrogens with zero attached hydrogens (tertiary/aromatic N) is 2. The van der Waals surface area contributed by atoms with Gasteiger partial charge in [-0.1, -0.05) is 41.9 Å². The summed E-state index contributed by atoms with van der Waals surface area (Å²) in [5, 5.41) is 0.686. The number of pyridine rings is 1. The summed E-state index contributed by atoms with van der Waals surface area (Å²) in [5.74, 6) is 0.281. The average molecular weight is 463 g/mol. The highest BCUT2D eigenvalue weighted by Gasteiger charge is 2.26. The van der Waals surface area contributed by atoms with Gasteiger partial charge in [-0.2, -0.15) is 0 Å². The smallest absolute Gasteiger partial charge is 0.330 e. The van der Waals surface area contributed by atoms with E-state index in [1.165, 1.54) is 6.08 Å². The molecular formula is C27H27ClN2O3. The minimum atomic E-state index is -0.361. The van der Waals surface area contributed by atoms with Crippen LogP contribution in [0, 0.1) is 6.92 Å². The number of hydrogen-bond donors (Lipinski definition) is 0. The molecule has 4 rings (SSSR count). The van der Waals surface area contributed by atoms with E-state index in [0.717, 1.165) is 47.5 Å². The molecule has 0 aliphatic carbocycles. The molecule has 1 saturated heterocycles. The van der Waals surface area contributed by atoms with Crippen LogP contribution in [0.1, 0.15) is 24.5 Å². The van der Waals surface area contributed by atoms with Gasteiger partial charge in [0.05, 0.1) is 13.2 Å². The average Bonchev–Trinajstić information content (AvgIpc) is 3.28. The molecule has 5 nitrogen and oxygen atoms in total. The van der Waals surface area contributed by atoms with Gasteiger partial charge in [-0.25, -0.2) is 9.78 Å². The molecule has 0 radical (unpaired) electrons. The van der Waals surface area contributed by atoms with Crippen LogP contribution in [-0.4, -0.2) is 36.8 Å². The largest absolute Gasteiger partial charge is 0.472 e. The summed E-state index contributed by atoms with van der Waals surface area (Å²) in [5.41, 5.74) is 5.00. The first-order chi connectivity index (χ1) is 16.0. The number of esters is 1. The van der Waals surface area contributed by atoms with Crippen molar-refractivity contribution in [3.63, 3.8) is 0 Å². The number of rotatable bonds is 7. The van der Waals surface area contributed by atoms with Gasteiger partial charge in [0.15, 0.2) is 0 Å². The molecule has 2 aromatic carbocycles. The van der Waals surface area contributed by atoms with Gasteiger partial charge < -0.3 is 14.4 Å². The Kier molecular flexibility index (Phi) is 7.30. The van der Waals surface area contributed by atoms with E-state index in [-0.39, 0.29) is 12.1 Å². The zero-order chi connectivity index (χ0) is 23.2. The Morgan fingerprint density at radius 3 is 2.82 bits per heavy atom. The van der Waals surface area contributed by atoms with Crippen molar-refractivity contribution in [2.24, 2.45) is 0 Å². The number of carbonyl (C=O) groups is 1. The summed E-state index contributed by atoms with van der Waals surface area (Å²) in [4.78, 5) is 18.6. The number of hydrogen-bond acceptors (Lipinski definition) is 5. The fraction of sp³-hybridized carbons (Fsp3) is 0.259. The zero-order valence-corrected chi connectivity index (χ0v) is 19.6. The van der Waals surface area contributed by atoms with E-state index in [4.69, 9.17) is 21.1 Å². The lowest BCUT2D eigenvalue weighted by molar-refractivity contribution is -0.137. The summed E-state index contributed by atoms with van der Waals surface area (Å²) in [6.07, 6.45) is 6.03. The molecule has 1 aliphatic rings. The molecule has 0 unspecified atom stereocenters. The number of benzene rings is 2. The topological polar surface area (TPSA) is 51.7 Å². The highest BCUT2D eigenvalue weighted by atomic mass is 35.5. The van der Waals surface area contributed by atoms with E-state index in [2.05, 4.69) is 28.1 Å². The molecule has 0 amide bonds. The van der Waals surface area contributed by atoms with Crippen molar-refractivity contribution in [2.45, 2.75) is 26.4 Å². The third kappa shape index (κ3) is 5.74. The van der Waals surface area contributed by atoms with E-state index in [1.54, 1.807) is 6.92 Å². The van der Waals surface area contributed by atoms with Crippen LogP contribution in [0.4, 0.5) is 5.69 Å². The lowest BCUT2D eigenvalue weighted by Gasteiger charge is -2.22. The van der Waals surface area contributed by atoms with Crippen molar-refractivity contribution in [2.75, 3.05) is 24.6 Å². The van der Waals surface area contributed by atoms with Gasteiger partial charge >= 0.3 is 5.97 Å². The highest BCUT2D eigenvalue weighted by Crippen LogP contribution is 2.34. The molecule has 1 fully saturated rings. The molecule has 0 saturated carbocycles. The molecule has 0 spiro atoms. The van der Waals surface area contributed by atoms with Crippen molar-refractivity contribution in [3.8, 4) is 17.0 Å². The molecule has 1 atom stereocenters. The third-order valence-corrected chi connectivity index (χ3v) is 5.88. The maximum absolute atomic E-state index is 12.0. The van der Waals surface area contributed by atoms with Gasteiger partial charge in [-0.3, -0.25) is 0 Å². The van der Waals surface area contributed by atoms with Gasteiger partial charge in [-0.05, 0) is 54.8 Å². The van der Waals surface area contributed by atoms with Gasteiger partial charge in [0.25, 0.3) is 0 Å². The molecule has 33 heavy (non-hydrogen) atoms.